The zero-order chi connectivity index (χ0) is 21.9. The summed E-state index contributed by atoms with van der Waals surface area (Å²) in [5.41, 5.74) is 0.431. The van der Waals surface area contributed by atoms with Gasteiger partial charge in [0.1, 0.15) is 16.4 Å². The van der Waals surface area contributed by atoms with Gasteiger partial charge in [0.15, 0.2) is 0 Å². The molecule has 0 saturated heterocycles. The van der Waals surface area contributed by atoms with Gasteiger partial charge in [0.25, 0.3) is 15.9 Å². The van der Waals surface area contributed by atoms with Gasteiger partial charge in [0.2, 0.25) is 0 Å². The zero-order valence-corrected chi connectivity index (χ0v) is 16.8. The van der Waals surface area contributed by atoms with E-state index in [1.54, 1.807) is 30.3 Å². The fourth-order valence-electron chi connectivity index (χ4n) is 2.97. The van der Waals surface area contributed by atoms with Crippen LogP contribution in [0.1, 0.15) is 25.3 Å². The van der Waals surface area contributed by atoms with Crippen molar-refractivity contribution in [2.24, 2.45) is 0 Å². The summed E-state index contributed by atoms with van der Waals surface area (Å²) in [4.78, 5) is 12.8. The molecule has 0 fully saturated rings. The number of unbranched alkanes of at least 4 members (excludes halogenated alkanes) is 1. The maximum absolute atomic E-state index is 13.1. The lowest BCUT2D eigenvalue weighted by molar-refractivity contribution is -0.274. The number of anilines is 1. The number of amides is 1. The van der Waals surface area contributed by atoms with Gasteiger partial charge in [-0.2, -0.15) is 0 Å². The summed E-state index contributed by atoms with van der Waals surface area (Å²) < 4.78 is 67.8. The molecule has 0 aromatic heterocycles. The van der Waals surface area contributed by atoms with E-state index in [-0.39, 0.29) is 22.8 Å². The number of rotatable bonds is 7. The highest BCUT2D eigenvalue weighted by atomic mass is 32.2. The fraction of sp³-hybridized carbons (Fsp3) is 0.250. The minimum absolute atomic E-state index is 0.0392. The standard InChI is InChI=1S/C20H19F3N2O4S/c1-2-3-13-25-19(26)17(18(30(25,27)28)14-7-5-4-6-8-14)24-15-9-11-16(12-10-15)29-20(21,22)23/h4-12,24H,2-3,13H2,1H3. The Morgan fingerprint density at radius 1 is 1.03 bits per heavy atom. The van der Waals surface area contributed by atoms with Crippen LogP contribution in [0.25, 0.3) is 4.91 Å². The third-order valence-electron chi connectivity index (χ3n) is 4.32. The first kappa shape index (κ1) is 21.7. The Hall–Kier alpha value is -3.01. The molecule has 1 amide bonds. The van der Waals surface area contributed by atoms with Crippen molar-refractivity contribution in [3.05, 3.63) is 65.9 Å². The van der Waals surface area contributed by atoms with Crippen molar-refractivity contribution in [1.29, 1.82) is 0 Å². The lowest BCUT2D eigenvalue weighted by Crippen LogP contribution is -2.33. The topological polar surface area (TPSA) is 75.7 Å². The molecule has 6 nitrogen and oxygen atoms in total. The van der Waals surface area contributed by atoms with Gasteiger partial charge in [-0.1, -0.05) is 43.7 Å². The molecule has 1 N–H and O–H groups in total. The molecular weight excluding hydrogens is 421 g/mol. The van der Waals surface area contributed by atoms with E-state index in [1.165, 1.54) is 12.1 Å². The molecule has 2 aromatic carbocycles. The number of alkyl halides is 3. The summed E-state index contributed by atoms with van der Waals surface area (Å²) in [7, 11) is -4.08. The van der Waals surface area contributed by atoms with Gasteiger partial charge in [0, 0.05) is 12.2 Å². The van der Waals surface area contributed by atoms with E-state index in [0.29, 0.717) is 18.4 Å². The monoisotopic (exact) mass is 440 g/mol. The van der Waals surface area contributed by atoms with Crippen LogP contribution >= 0.6 is 0 Å². The summed E-state index contributed by atoms with van der Waals surface area (Å²) in [6.07, 6.45) is -3.62. The molecule has 2 aromatic rings. The number of nitrogens with zero attached hydrogens (tertiary/aromatic N) is 1. The molecule has 0 atom stereocenters. The molecule has 10 heteroatoms. The average molecular weight is 440 g/mol. The zero-order valence-electron chi connectivity index (χ0n) is 15.9. The molecule has 3 rings (SSSR count). The third kappa shape index (κ3) is 4.59. The Labute approximate surface area is 172 Å². The summed E-state index contributed by atoms with van der Waals surface area (Å²) >= 11 is 0. The van der Waals surface area contributed by atoms with Crippen molar-refractivity contribution in [2.75, 3.05) is 11.9 Å². The van der Waals surface area contributed by atoms with E-state index in [9.17, 15) is 26.4 Å². The number of hydrogen-bond donors (Lipinski definition) is 1. The van der Waals surface area contributed by atoms with Crippen molar-refractivity contribution in [1.82, 2.24) is 4.31 Å². The van der Waals surface area contributed by atoms with Gasteiger partial charge in [-0.25, -0.2) is 12.7 Å². The number of halogens is 3. The van der Waals surface area contributed by atoms with E-state index in [1.807, 2.05) is 6.92 Å². The van der Waals surface area contributed by atoms with Crippen LogP contribution < -0.4 is 10.1 Å². The van der Waals surface area contributed by atoms with E-state index in [2.05, 4.69) is 10.1 Å². The van der Waals surface area contributed by atoms with E-state index >= 15 is 0 Å². The minimum atomic E-state index is -4.83. The van der Waals surface area contributed by atoms with Crippen LogP contribution in [0, 0.1) is 0 Å². The fourth-order valence-corrected chi connectivity index (χ4v) is 4.70. The summed E-state index contributed by atoms with van der Waals surface area (Å²) in [5, 5.41) is 2.76. The molecule has 160 valence electrons. The first-order chi connectivity index (χ1) is 14.1. The quantitative estimate of drug-likeness (QED) is 0.693. The first-order valence-corrected chi connectivity index (χ1v) is 10.6. The maximum Gasteiger partial charge on any atom is 0.573 e. The molecule has 1 aliphatic rings. The minimum Gasteiger partial charge on any atom is -0.406 e. The molecular formula is C20H19F3N2O4S. The second-order valence-electron chi connectivity index (χ2n) is 6.50. The normalized spacial score (nSPS) is 16.1. The van der Waals surface area contributed by atoms with Crippen LogP contribution in [-0.4, -0.2) is 31.5 Å². The Bertz CT molecular complexity index is 1050. The highest BCUT2D eigenvalue weighted by Gasteiger charge is 2.44. The smallest absolute Gasteiger partial charge is 0.406 e. The molecule has 0 spiro atoms. The molecule has 0 aliphatic carbocycles. The SMILES string of the molecule is CCCCN1C(=O)C(Nc2ccc(OC(F)(F)F)cc2)=C(c2ccccc2)S1(=O)=O. The second kappa shape index (κ2) is 8.39. The predicted molar refractivity (Wildman–Crippen MR) is 106 cm³/mol. The van der Waals surface area contributed by atoms with Crippen molar-refractivity contribution in [2.45, 2.75) is 26.1 Å². The van der Waals surface area contributed by atoms with Gasteiger partial charge in [-0.05, 0) is 36.2 Å². The van der Waals surface area contributed by atoms with Gasteiger partial charge in [-0.15, -0.1) is 13.2 Å². The summed E-state index contributed by atoms with van der Waals surface area (Å²) in [5.74, 6) is -1.14. The van der Waals surface area contributed by atoms with Gasteiger partial charge in [0.05, 0.1) is 0 Å². The van der Waals surface area contributed by atoms with Crippen LogP contribution in [0.4, 0.5) is 18.9 Å². The maximum atomic E-state index is 13.1. The Balaban J connectivity index is 1.99. The largest absolute Gasteiger partial charge is 0.573 e. The van der Waals surface area contributed by atoms with Crippen LogP contribution in [0.15, 0.2) is 60.3 Å². The number of sulfonamides is 1. The summed E-state index contributed by atoms with van der Waals surface area (Å²) in [6.45, 7) is 1.92. The highest BCUT2D eigenvalue weighted by molar-refractivity contribution is 7.99. The van der Waals surface area contributed by atoms with Crippen LogP contribution in [0.5, 0.6) is 5.75 Å². The highest BCUT2D eigenvalue weighted by Crippen LogP contribution is 2.36. The molecule has 0 saturated carbocycles. The Kier molecular flexibility index (Phi) is 6.06. The van der Waals surface area contributed by atoms with Crippen molar-refractivity contribution in [3.8, 4) is 5.75 Å². The number of benzene rings is 2. The summed E-state index contributed by atoms with van der Waals surface area (Å²) in [6, 6.07) is 12.8. The van der Waals surface area contributed by atoms with E-state index in [0.717, 1.165) is 16.4 Å². The van der Waals surface area contributed by atoms with E-state index < -0.39 is 28.0 Å². The molecule has 0 unspecified atom stereocenters. The van der Waals surface area contributed by atoms with Gasteiger partial charge < -0.3 is 10.1 Å². The molecule has 0 radical (unpaired) electrons. The average Bonchev–Trinajstić information content (AvgIpc) is 2.86. The van der Waals surface area contributed by atoms with Crippen LogP contribution in [0.2, 0.25) is 0 Å². The van der Waals surface area contributed by atoms with E-state index in [4.69, 9.17) is 0 Å². The number of carbonyl (C=O) groups excluding carboxylic acids is 1. The lowest BCUT2D eigenvalue weighted by Gasteiger charge is -2.16. The van der Waals surface area contributed by atoms with Gasteiger partial charge in [-0.3, -0.25) is 4.79 Å². The predicted octanol–water partition coefficient (Wildman–Crippen LogP) is 4.34. The number of carbonyl (C=O) groups is 1. The number of hydrogen-bond acceptors (Lipinski definition) is 5. The molecule has 1 heterocycles. The van der Waals surface area contributed by atoms with Crippen molar-refractivity contribution in [3.63, 3.8) is 0 Å². The van der Waals surface area contributed by atoms with Crippen molar-refractivity contribution < 1.29 is 31.1 Å². The molecule has 0 bridgehead atoms. The molecule has 30 heavy (non-hydrogen) atoms. The van der Waals surface area contributed by atoms with Crippen LogP contribution in [-0.2, 0) is 14.8 Å². The Morgan fingerprint density at radius 3 is 2.23 bits per heavy atom. The van der Waals surface area contributed by atoms with Crippen molar-refractivity contribution >= 4 is 26.5 Å². The second-order valence-corrected chi connectivity index (χ2v) is 8.30. The number of ether oxygens (including phenoxy) is 1. The number of nitrogens with one attached hydrogen (secondary N) is 1. The molecule has 1 aliphatic heterocycles. The lowest BCUT2D eigenvalue weighted by atomic mass is 10.1. The Morgan fingerprint density at radius 2 is 1.67 bits per heavy atom. The third-order valence-corrected chi connectivity index (χ3v) is 6.21. The van der Waals surface area contributed by atoms with Gasteiger partial charge >= 0.3 is 6.36 Å². The first-order valence-electron chi connectivity index (χ1n) is 9.13. The van der Waals surface area contributed by atoms with Crippen LogP contribution in [0.3, 0.4) is 0 Å².